The van der Waals surface area contributed by atoms with Crippen molar-refractivity contribution < 1.29 is 60.6 Å². The smallest absolute Gasteiger partial charge is 0.387 e. The van der Waals surface area contributed by atoms with Crippen LogP contribution in [0.5, 0.6) is 0 Å². The average molecular weight is 521 g/mol. The molecule has 0 bridgehead atoms. The van der Waals surface area contributed by atoms with Crippen LogP contribution in [0.15, 0.2) is 18.5 Å². The molecule has 1 aliphatic heterocycles. The van der Waals surface area contributed by atoms with E-state index >= 15 is 0 Å². The third-order valence-electron chi connectivity index (χ3n) is 4.51. The van der Waals surface area contributed by atoms with Gasteiger partial charge in [0, 0.05) is 0 Å². The zero-order valence-electron chi connectivity index (χ0n) is 16.3. The lowest BCUT2D eigenvalue weighted by molar-refractivity contribution is -0.0983. The summed E-state index contributed by atoms with van der Waals surface area (Å²) in [7, 11) is -16.8. The first-order chi connectivity index (χ1) is 14.5. The van der Waals surface area contributed by atoms with Gasteiger partial charge in [0.2, 0.25) is 0 Å². The Balaban J connectivity index is 1.76. The average Bonchev–Trinajstić information content (AvgIpc) is 3.14. The normalized spacial score (nSPS) is 30.3. The number of alkyl halides is 1. The molecular weight excluding hydrogens is 502 g/mol. The quantitative estimate of drug-likeness (QED) is 0.305. The summed E-state index contributed by atoms with van der Waals surface area (Å²) in [5, 5.41) is 14.3. The maximum Gasteiger partial charge on any atom is 0.490 e. The molecule has 1 fully saturated rings. The van der Waals surface area contributed by atoms with Crippen molar-refractivity contribution in [3.63, 3.8) is 0 Å². The van der Waals surface area contributed by atoms with Crippen LogP contribution >= 0.6 is 23.5 Å². The number of aryl methyl sites for hydroxylation is 1. The van der Waals surface area contributed by atoms with Gasteiger partial charge in [-0.05, 0) is 26.0 Å². The van der Waals surface area contributed by atoms with Crippen molar-refractivity contribution in [1.29, 1.82) is 0 Å². The highest BCUT2D eigenvalue weighted by Crippen LogP contribution is 2.66. The molecule has 0 amide bonds. The Kier molecular flexibility index (Phi) is 6.84. The number of ether oxygens (including phenoxy) is 1. The number of fused-ring (bicyclic) bond motifs is 1. The third kappa shape index (κ3) is 5.50. The standard InChI is InChI=1S/C13H19FN3O12P3/c1-7-8-3-4-9(17(8)16-6-15-7)11-10(14)12(18)13(2,27-11)5-26-31(22,23)29-32(24,25)28-30(19,20)21/h3-4,6,10-12,18H,5H2,1-2H3,(H,22,23)(H,24,25)(H2,19,20,21)/t10-,11-,12-,13+/m0/s1. The Bertz CT molecular complexity index is 1160. The number of halogens is 1. The molecular formula is C13H19FN3O12P3. The van der Waals surface area contributed by atoms with E-state index in [2.05, 4.69) is 23.2 Å². The van der Waals surface area contributed by atoms with Crippen molar-refractivity contribution in [3.8, 4) is 0 Å². The Labute approximate surface area is 179 Å². The highest BCUT2D eigenvalue weighted by Gasteiger charge is 2.55. The molecule has 15 nitrogen and oxygen atoms in total. The second-order valence-corrected chi connectivity index (χ2v) is 11.4. The summed E-state index contributed by atoms with van der Waals surface area (Å²) in [4.78, 5) is 39.8. The molecule has 32 heavy (non-hydrogen) atoms. The van der Waals surface area contributed by atoms with Crippen LogP contribution in [0, 0.1) is 6.92 Å². The first-order valence-electron chi connectivity index (χ1n) is 8.61. The molecule has 3 heterocycles. The molecule has 2 aromatic heterocycles. The molecule has 0 spiro atoms. The number of hydrogen-bond donors (Lipinski definition) is 5. The molecule has 180 valence electrons. The van der Waals surface area contributed by atoms with Gasteiger partial charge in [0.1, 0.15) is 24.1 Å². The number of aliphatic hydroxyl groups is 1. The SMILES string of the molecule is Cc1ncnn2c([C@@H]3O[C@](C)(COP(=O)(O)OP(=O)(O)OP(=O)(O)O)[C@@H](O)[C@H]3F)ccc12. The fraction of sp³-hybridized carbons (Fsp3) is 0.538. The number of phosphoric ester groups is 1. The number of rotatable bonds is 8. The van der Waals surface area contributed by atoms with Gasteiger partial charge in [-0.25, -0.2) is 27.6 Å². The summed E-state index contributed by atoms with van der Waals surface area (Å²) in [6.07, 6.45) is -4.05. The van der Waals surface area contributed by atoms with E-state index in [1.165, 1.54) is 16.9 Å². The Morgan fingerprint density at radius 2 is 1.84 bits per heavy atom. The van der Waals surface area contributed by atoms with E-state index in [1.54, 1.807) is 13.0 Å². The molecule has 0 aliphatic carbocycles. The largest absolute Gasteiger partial charge is 0.490 e. The van der Waals surface area contributed by atoms with Crippen molar-refractivity contribution in [2.45, 2.75) is 37.8 Å². The highest BCUT2D eigenvalue weighted by molar-refractivity contribution is 7.66. The van der Waals surface area contributed by atoms with Gasteiger partial charge in [-0.2, -0.15) is 13.7 Å². The lowest BCUT2D eigenvalue weighted by atomic mass is 9.98. The van der Waals surface area contributed by atoms with Crippen LogP contribution in [0.25, 0.3) is 5.52 Å². The van der Waals surface area contributed by atoms with Crippen LogP contribution in [0.2, 0.25) is 0 Å². The molecule has 1 aliphatic rings. The van der Waals surface area contributed by atoms with Crippen molar-refractivity contribution in [2.75, 3.05) is 6.61 Å². The minimum absolute atomic E-state index is 0.208. The van der Waals surface area contributed by atoms with E-state index in [0.29, 0.717) is 11.2 Å². The predicted octanol–water partition coefficient (Wildman–Crippen LogP) is 0.910. The van der Waals surface area contributed by atoms with Crippen molar-refractivity contribution >= 4 is 29.0 Å². The molecule has 6 atom stereocenters. The fourth-order valence-electron chi connectivity index (χ4n) is 3.08. The van der Waals surface area contributed by atoms with E-state index in [1.807, 2.05) is 0 Å². The molecule has 0 radical (unpaired) electrons. The van der Waals surface area contributed by atoms with E-state index in [0.717, 1.165) is 6.92 Å². The van der Waals surface area contributed by atoms with E-state index in [4.69, 9.17) is 14.5 Å². The van der Waals surface area contributed by atoms with Gasteiger partial charge in [0.25, 0.3) is 0 Å². The zero-order chi connectivity index (χ0) is 24.1. The first kappa shape index (κ1) is 25.5. The summed E-state index contributed by atoms with van der Waals surface area (Å²) in [5.74, 6) is 0. The Morgan fingerprint density at radius 1 is 1.19 bits per heavy atom. The van der Waals surface area contributed by atoms with Gasteiger partial charge in [-0.15, -0.1) is 0 Å². The highest BCUT2D eigenvalue weighted by atomic mass is 31.3. The summed E-state index contributed by atoms with van der Waals surface area (Å²) in [6, 6.07) is 3.10. The van der Waals surface area contributed by atoms with Crippen molar-refractivity contribution in [2.24, 2.45) is 0 Å². The number of hydrogen-bond acceptors (Lipinski definition) is 10. The minimum Gasteiger partial charge on any atom is -0.387 e. The molecule has 0 saturated carbocycles. The number of nitrogens with zero attached hydrogens (tertiary/aromatic N) is 3. The van der Waals surface area contributed by atoms with E-state index in [9.17, 15) is 33.0 Å². The van der Waals surface area contributed by atoms with Gasteiger partial charge in [-0.3, -0.25) is 4.52 Å². The van der Waals surface area contributed by atoms with Gasteiger partial charge in [0.05, 0.1) is 23.5 Å². The molecule has 2 unspecified atom stereocenters. The third-order valence-corrected chi connectivity index (χ3v) is 8.29. The second-order valence-electron chi connectivity index (χ2n) is 7.01. The minimum atomic E-state index is -5.73. The monoisotopic (exact) mass is 521 g/mol. The summed E-state index contributed by atoms with van der Waals surface area (Å²) < 4.78 is 67.5. The van der Waals surface area contributed by atoms with Gasteiger partial charge in [0.15, 0.2) is 6.17 Å². The van der Waals surface area contributed by atoms with Crippen LogP contribution in [0.3, 0.4) is 0 Å². The van der Waals surface area contributed by atoms with Gasteiger partial charge < -0.3 is 29.4 Å². The topological polar surface area (TPSA) is 219 Å². The second kappa shape index (κ2) is 8.58. The van der Waals surface area contributed by atoms with Crippen LogP contribution < -0.4 is 0 Å². The van der Waals surface area contributed by atoms with Gasteiger partial charge >= 0.3 is 23.5 Å². The van der Waals surface area contributed by atoms with Crippen LogP contribution in [-0.2, 0) is 31.6 Å². The summed E-state index contributed by atoms with van der Waals surface area (Å²) in [5.41, 5.74) is -0.592. The molecule has 0 aromatic carbocycles. The summed E-state index contributed by atoms with van der Waals surface area (Å²) in [6.45, 7) is 1.82. The molecule has 2 aromatic rings. The number of aliphatic hydroxyl groups excluding tert-OH is 1. The molecule has 1 saturated heterocycles. The van der Waals surface area contributed by atoms with Gasteiger partial charge in [-0.1, -0.05) is 0 Å². The lowest BCUT2D eigenvalue weighted by Crippen LogP contribution is -2.43. The summed E-state index contributed by atoms with van der Waals surface area (Å²) >= 11 is 0. The lowest BCUT2D eigenvalue weighted by Gasteiger charge is -2.28. The van der Waals surface area contributed by atoms with Crippen LogP contribution in [-0.4, -0.2) is 63.8 Å². The Morgan fingerprint density at radius 3 is 2.47 bits per heavy atom. The van der Waals surface area contributed by atoms with E-state index < -0.39 is 54.1 Å². The van der Waals surface area contributed by atoms with Crippen LogP contribution in [0.4, 0.5) is 4.39 Å². The van der Waals surface area contributed by atoms with Crippen molar-refractivity contribution in [3.05, 3.63) is 29.8 Å². The van der Waals surface area contributed by atoms with Crippen molar-refractivity contribution in [1.82, 2.24) is 14.6 Å². The van der Waals surface area contributed by atoms with E-state index in [-0.39, 0.29) is 5.69 Å². The molecule has 3 rings (SSSR count). The van der Waals surface area contributed by atoms with Crippen LogP contribution in [0.1, 0.15) is 24.4 Å². The Hall–Kier alpha value is -1.12. The fourth-order valence-corrected chi connectivity index (χ4v) is 6.19. The maximum atomic E-state index is 14.9. The first-order valence-corrected chi connectivity index (χ1v) is 13.1. The predicted molar refractivity (Wildman–Crippen MR) is 101 cm³/mol. The number of phosphoric acid groups is 3. The zero-order valence-corrected chi connectivity index (χ0v) is 19.0. The maximum absolute atomic E-state index is 14.9. The number of aromatic nitrogens is 3. The molecule has 19 heteroatoms. The molecule has 5 N–H and O–H groups in total.